The van der Waals surface area contributed by atoms with E-state index in [2.05, 4.69) is 21.6 Å². The molecule has 0 radical (unpaired) electrons. The van der Waals surface area contributed by atoms with Gasteiger partial charge in [-0.05, 0) is 51.1 Å². The highest BCUT2D eigenvalue weighted by atomic mass is 16.3. The van der Waals surface area contributed by atoms with Gasteiger partial charge in [0.2, 0.25) is 0 Å². The summed E-state index contributed by atoms with van der Waals surface area (Å²) in [5.74, 6) is -0.00281. The fourth-order valence-corrected chi connectivity index (χ4v) is 4.26. The van der Waals surface area contributed by atoms with Crippen LogP contribution in [0.3, 0.4) is 0 Å². The number of likely N-dealkylation sites (tertiary alicyclic amines) is 1. The molecule has 0 bridgehead atoms. The van der Waals surface area contributed by atoms with E-state index >= 15 is 0 Å². The molecule has 1 atom stereocenters. The summed E-state index contributed by atoms with van der Waals surface area (Å²) in [6.45, 7) is 5.44. The molecule has 1 aromatic heterocycles. The first-order valence-electron chi connectivity index (χ1n) is 10.9. The smallest absolute Gasteiger partial charge is 0.185 e. The number of aliphatic hydroxyl groups is 1. The summed E-state index contributed by atoms with van der Waals surface area (Å²) in [5, 5.41) is 11.8. The number of benzene rings is 2. The summed E-state index contributed by atoms with van der Waals surface area (Å²) in [4.78, 5) is 14.9. The van der Waals surface area contributed by atoms with Gasteiger partial charge in [0.05, 0.1) is 6.10 Å². The fourth-order valence-electron chi connectivity index (χ4n) is 4.26. The average Bonchev–Trinajstić information content (AvgIpc) is 3.10. The molecule has 2 aromatic carbocycles. The van der Waals surface area contributed by atoms with Gasteiger partial charge in [0.25, 0.3) is 0 Å². The van der Waals surface area contributed by atoms with E-state index in [1.54, 1.807) is 6.08 Å². The van der Waals surface area contributed by atoms with Crippen LogP contribution >= 0.6 is 0 Å². The number of para-hydroxylation sites is 1. The third-order valence-corrected chi connectivity index (χ3v) is 5.89. The summed E-state index contributed by atoms with van der Waals surface area (Å²) >= 11 is 0. The molecule has 1 aliphatic rings. The van der Waals surface area contributed by atoms with E-state index in [1.165, 1.54) is 19.3 Å². The van der Waals surface area contributed by atoms with E-state index in [0.717, 1.165) is 35.1 Å². The van der Waals surface area contributed by atoms with Crippen molar-refractivity contribution >= 4 is 22.8 Å². The van der Waals surface area contributed by atoms with Gasteiger partial charge in [0.15, 0.2) is 5.78 Å². The largest absolute Gasteiger partial charge is 0.390 e. The molecule has 0 aliphatic carbocycles. The molecule has 3 aromatic rings. The van der Waals surface area contributed by atoms with Crippen LogP contribution in [0.1, 0.15) is 40.7 Å². The number of hydrogen-bond acceptors (Lipinski definition) is 3. The molecule has 1 aliphatic heterocycles. The molecule has 4 rings (SSSR count). The Balaban J connectivity index is 1.51. The summed E-state index contributed by atoms with van der Waals surface area (Å²) in [7, 11) is 0. The second-order valence-electron chi connectivity index (χ2n) is 8.33. The normalized spacial score (nSPS) is 16.3. The van der Waals surface area contributed by atoms with Gasteiger partial charge in [0.1, 0.15) is 0 Å². The van der Waals surface area contributed by atoms with Crippen LogP contribution in [0.4, 0.5) is 0 Å². The van der Waals surface area contributed by atoms with Crippen LogP contribution in [0.25, 0.3) is 17.0 Å². The minimum absolute atomic E-state index is 0.00281. The highest BCUT2D eigenvalue weighted by Crippen LogP contribution is 2.23. The summed E-state index contributed by atoms with van der Waals surface area (Å²) in [6, 6.07) is 15.8. The Morgan fingerprint density at radius 1 is 1.03 bits per heavy atom. The van der Waals surface area contributed by atoms with Crippen molar-refractivity contribution in [2.45, 2.75) is 38.8 Å². The van der Waals surface area contributed by atoms with Gasteiger partial charge in [-0.2, -0.15) is 0 Å². The van der Waals surface area contributed by atoms with Crippen LogP contribution in [0.5, 0.6) is 0 Å². The van der Waals surface area contributed by atoms with Crippen molar-refractivity contribution in [3.63, 3.8) is 0 Å². The summed E-state index contributed by atoms with van der Waals surface area (Å²) in [6.07, 6.45) is 8.91. The molecule has 4 heteroatoms. The topological polar surface area (TPSA) is 45.5 Å². The van der Waals surface area contributed by atoms with Crippen LogP contribution in [0.15, 0.2) is 60.8 Å². The zero-order valence-electron chi connectivity index (χ0n) is 17.6. The van der Waals surface area contributed by atoms with Crippen molar-refractivity contribution in [2.75, 3.05) is 19.6 Å². The zero-order valence-corrected chi connectivity index (χ0v) is 17.6. The standard InChI is InChI=1S/C26H30N2O2/c1-20-9-11-21(12-10-20)26(30)14-13-22-17-28(25-8-4-3-7-24(22)25)19-23(29)18-27-15-5-2-6-16-27/h3-4,7-14,17,23,29H,2,5-6,15-16,18-19H2,1H3/b14-13+/t23-/m1/s1. The summed E-state index contributed by atoms with van der Waals surface area (Å²) < 4.78 is 2.11. The lowest BCUT2D eigenvalue weighted by Crippen LogP contribution is -2.37. The molecule has 2 heterocycles. The zero-order chi connectivity index (χ0) is 20.9. The number of allylic oxidation sites excluding steroid dienone is 1. The molecular weight excluding hydrogens is 372 g/mol. The molecule has 4 nitrogen and oxygen atoms in total. The Morgan fingerprint density at radius 3 is 2.53 bits per heavy atom. The molecule has 1 fully saturated rings. The van der Waals surface area contributed by atoms with Gasteiger partial charge >= 0.3 is 0 Å². The SMILES string of the molecule is Cc1ccc(C(=O)/C=C/c2cn(C[C@H](O)CN3CCCCC3)c3ccccc23)cc1. The van der Waals surface area contributed by atoms with Crippen molar-refractivity contribution < 1.29 is 9.90 Å². The Hall–Kier alpha value is -2.69. The number of carbonyl (C=O) groups is 1. The van der Waals surface area contributed by atoms with Gasteiger partial charge < -0.3 is 14.6 Å². The molecule has 0 amide bonds. The van der Waals surface area contributed by atoms with Crippen LogP contribution in [0.2, 0.25) is 0 Å². The van der Waals surface area contributed by atoms with Crippen molar-refractivity contribution in [3.8, 4) is 0 Å². The monoisotopic (exact) mass is 402 g/mol. The van der Waals surface area contributed by atoms with Gasteiger partial charge in [-0.1, -0.05) is 54.4 Å². The maximum absolute atomic E-state index is 12.5. The second-order valence-corrected chi connectivity index (χ2v) is 8.33. The lowest BCUT2D eigenvalue weighted by molar-refractivity contribution is 0.0892. The Bertz CT molecular complexity index is 1030. The predicted molar refractivity (Wildman–Crippen MR) is 123 cm³/mol. The third kappa shape index (κ3) is 4.89. The van der Waals surface area contributed by atoms with Crippen LogP contribution in [-0.2, 0) is 6.54 Å². The summed E-state index contributed by atoms with van der Waals surface area (Å²) in [5.41, 5.74) is 3.91. The molecule has 30 heavy (non-hydrogen) atoms. The van der Waals surface area contributed by atoms with Gasteiger partial charge in [0, 0.05) is 41.3 Å². The number of ketones is 1. The van der Waals surface area contributed by atoms with Crippen molar-refractivity contribution in [2.24, 2.45) is 0 Å². The fraction of sp³-hybridized carbons (Fsp3) is 0.346. The predicted octanol–water partition coefficient (Wildman–Crippen LogP) is 4.69. The van der Waals surface area contributed by atoms with Crippen molar-refractivity contribution in [1.82, 2.24) is 9.47 Å². The number of carbonyl (C=O) groups excluding carboxylic acids is 1. The number of hydrogen-bond donors (Lipinski definition) is 1. The number of aliphatic hydroxyl groups excluding tert-OH is 1. The first-order chi connectivity index (χ1) is 14.6. The average molecular weight is 403 g/mol. The molecular formula is C26H30N2O2. The minimum atomic E-state index is -0.412. The molecule has 1 N–H and O–H groups in total. The highest BCUT2D eigenvalue weighted by molar-refractivity contribution is 6.07. The van der Waals surface area contributed by atoms with E-state index in [-0.39, 0.29) is 5.78 Å². The third-order valence-electron chi connectivity index (χ3n) is 5.89. The number of piperidine rings is 1. The van der Waals surface area contributed by atoms with E-state index < -0.39 is 6.10 Å². The van der Waals surface area contributed by atoms with Crippen LogP contribution < -0.4 is 0 Å². The first-order valence-corrected chi connectivity index (χ1v) is 10.9. The Morgan fingerprint density at radius 2 is 1.77 bits per heavy atom. The molecule has 0 saturated carbocycles. The van der Waals surface area contributed by atoms with Gasteiger partial charge in [-0.15, -0.1) is 0 Å². The van der Waals surface area contributed by atoms with Crippen molar-refractivity contribution in [3.05, 3.63) is 77.5 Å². The number of fused-ring (bicyclic) bond motifs is 1. The van der Waals surface area contributed by atoms with E-state index in [1.807, 2.05) is 55.6 Å². The Kier molecular flexibility index (Phi) is 6.46. The van der Waals surface area contributed by atoms with Crippen molar-refractivity contribution in [1.29, 1.82) is 0 Å². The van der Waals surface area contributed by atoms with Crippen LogP contribution in [0, 0.1) is 6.92 Å². The lowest BCUT2D eigenvalue weighted by Gasteiger charge is -2.28. The van der Waals surface area contributed by atoms with Gasteiger partial charge in [-0.25, -0.2) is 0 Å². The number of β-amino-alcohol motifs (C(OH)–C–C–N with tert-alkyl or cyclic N) is 1. The second kappa shape index (κ2) is 9.41. The maximum Gasteiger partial charge on any atom is 0.185 e. The number of rotatable bonds is 7. The number of aryl methyl sites for hydroxylation is 1. The van der Waals surface area contributed by atoms with Gasteiger partial charge in [-0.3, -0.25) is 4.79 Å². The molecule has 0 spiro atoms. The van der Waals surface area contributed by atoms with E-state index in [0.29, 0.717) is 18.7 Å². The van der Waals surface area contributed by atoms with E-state index in [9.17, 15) is 9.90 Å². The van der Waals surface area contributed by atoms with E-state index in [4.69, 9.17) is 0 Å². The molecule has 1 saturated heterocycles. The molecule has 0 unspecified atom stereocenters. The minimum Gasteiger partial charge on any atom is -0.390 e. The number of nitrogens with zero attached hydrogens (tertiary/aromatic N) is 2. The first kappa shape index (κ1) is 20.6. The molecule has 156 valence electrons. The maximum atomic E-state index is 12.5. The highest BCUT2D eigenvalue weighted by Gasteiger charge is 2.16. The quantitative estimate of drug-likeness (QED) is 0.461. The number of aromatic nitrogens is 1. The Labute approximate surface area is 178 Å². The lowest BCUT2D eigenvalue weighted by atomic mass is 10.1. The van der Waals surface area contributed by atoms with Crippen LogP contribution in [-0.4, -0.2) is 46.1 Å².